The molecule has 0 aliphatic heterocycles. The molecule has 4 aliphatic carbocycles. The van der Waals surface area contributed by atoms with E-state index in [9.17, 15) is 9.36 Å². The standard InChI is InChI=1S/C12H17Cl2O3P/c13-18(14,17)12-4-8-1-9(5-12)3-11(2-8,7-12)6-10(15)16/h8-9H,1-7H2,(H,15,16). The highest BCUT2D eigenvalue weighted by Gasteiger charge is 2.63. The average Bonchev–Trinajstić information content (AvgIpc) is 2.10. The van der Waals surface area contributed by atoms with Crippen molar-refractivity contribution in [3.8, 4) is 0 Å². The minimum atomic E-state index is -3.20. The zero-order valence-corrected chi connectivity index (χ0v) is 12.5. The van der Waals surface area contributed by atoms with Crippen LogP contribution < -0.4 is 0 Å². The molecule has 0 aromatic carbocycles. The lowest BCUT2D eigenvalue weighted by Crippen LogP contribution is -2.55. The second-order valence-corrected chi connectivity index (χ2v) is 12.0. The second kappa shape index (κ2) is 3.90. The van der Waals surface area contributed by atoms with Crippen LogP contribution in [0.2, 0.25) is 0 Å². The van der Waals surface area contributed by atoms with Gasteiger partial charge in [-0.3, -0.25) is 9.36 Å². The predicted molar refractivity (Wildman–Crippen MR) is 71.4 cm³/mol. The summed E-state index contributed by atoms with van der Waals surface area (Å²) < 4.78 is 12.3. The van der Waals surface area contributed by atoms with E-state index in [1.807, 2.05) is 0 Å². The molecular formula is C12H17Cl2O3P. The molecule has 0 heterocycles. The number of carbonyl (C=O) groups is 1. The number of carboxylic acids is 1. The van der Waals surface area contributed by atoms with E-state index in [2.05, 4.69) is 0 Å². The SMILES string of the molecule is O=C(O)CC12CC3CC(C1)CC(P(=O)(Cl)Cl)(C3)C2. The fraction of sp³-hybridized carbons (Fsp3) is 0.917. The van der Waals surface area contributed by atoms with Gasteiger partial charge in [-0.05, 0) is 78.3 Å². The molecule has 0 spiro atoms. The van der Waals surface area contributed by atoms with Gasteiger partial charge in [-0.15, -0.1) is 0 Å². The van der Waals surface area contributed by atoms with Gasteiger partial charge in [-0.2, -0.15) is 0 Å². The molecule has 18 heavy (non-hydrogen) atoms. The van der Waals surface area contributed by atoms with Gasteiger partial charge < -0.3 is 5.11 Å². The van der Waals surface area contributed by atoms with Crippen molar-refractivity contribution in [2.75, 3.05) is 0 Å². The number of aliphatic carboxylic acids is 1. The number of carboxylic acid groups (broad SMARTS) is 1. The van der Waals surface area contributed by atoms with E-state index in [-0.39, 0.29) is 11.8 Å². The van der Waals surface area contributed by atoms with E-state index in [1.165, 1.54) is 0 Å². The topological polar surface area (TPSA) is 54.4 Å². The Morgan fingerprint density at radius 3 is 2.22 bits per heavy atom. The Labute approximate surface area is 116 Å². The third kappa shape index (κ3) is 1.94. The quantitative estimate of drug-likeness (QED) is 0.782. The summed E-state index contributed by atoms with van der Waals surface area (Å²) in [4.78, 5) is 11.1. The molecule has 0 radical (unpaired) electrons. The van der Waals surface area contributed by atoms with Crippen molar-refractivity contribution in [1.29, 1.82) is 0 Å². The van der Waals surface area contributed by atoms with Crippen LogP contribution in [0.25, 0.3) is 0 Å². The van der Waals surface area contributed by atoms with Crippen LogP contribution in [0.1, 0.15) is 44.9 Å². The molecular weight excluding hydrogens is 294 g/mol. The first-order valence-electron chi connectivity index (χ1n) is 6.45. The Hall–Kier alpha value is 0.280. The highest BCUT2D eigenvalue weighted by Crippen LogP contribution is 2.79. The molecule has 3 nitrogen and oxygen atoms in total. The van der Waals surface area contributed by atoms with Gasteiger partial charge in [-0.1, -0.05) is 0 Å². The maximum absolute atomic E-state index is 12.3. The molecule has 4 rings (SSSR count). The molecule has 4 saturated carbocycles. The maximum Gasteiger partial charge on any atom is 0.303 e. The smallest absolute Gasteiger partial charge is 0.303 e. The summed E-state index contributed by atoms with van der Waals surface area (Å²) in [5.41, 5.74) is -0.199. The first-order valence-corrected chi connectivity index (χ1v) is 9.97. The lowest BCUT2D eigenvalue weighted by molar-refractivity contribution is -0.144. The van der Waals surface area contributed by atoms with Crippen molar-refractivity contribution in [1.82, 2.24) is 0 Å². The van der Waals surface area contributed by atoms with Gasteiger partial charge in [0.2, 0.25) is 0 Å². The monoisotopic (exact) mass is 310 g/mol. The van der Waals surface area contributed by atoms with Crippen LogP contribution in [0.3, 0.4) is 0 Å². The Bertz CT molecular complexity index is 431. The van der Waals surface area contributed by atoms with Gasteiger partial charge in [0.25, 0.3) is 5.85 Å². The molecule has 2 unspecified atom stereocenters. The van der Waals surface area contributed by atoms with E-state index in [1.54, 1.807) is 0 Å². The summed E-state index contributed by atoms with van der Waals surface area (Å²) in [6.07, 6.45) is 5.51. The lowest BCUT2D eigenvalue weighted by Gasteiger charge is -2.61. The molecule has 2 atom stereocenters. The number of rotatable bonds is 3. The van der Waals surface area contributed by atoms with E-state index in [0.717, 1.165) is 32.1 Å². The van der Waals surface area contributed by atoms with Gasteiger partial charge >= 0.3 is 5.97 Å². The summed E-state index contributed by atoms with van der Waals surface area (Å²) in [5, 5.41) is 8.63. The van der Waals surface area contributed by atoms with Gasteiger partial charge in [0.1, 0.15) is 0 Å². The lowest BCUT2D eigenvalue weighted by atomic mass is 9.48. The van der Waals surface area contributed by atoms with Crippen molar-refractivity contribution < 1.29 is 14.5 Å². The molecule has 4 fully saturated rings. The molecule has 4 aliphatic rings. The Morgan fingerprint density at radius 2 is 1.78 bits per heavy atom. The van der Waals surface area contributed by atoms with Crippen LogP contribution in [0, 0.1) is 17.3 Å². The first kappa shape index (κ1) is 13.3. The number of hydrogen-bond donors (Lipinski definition) is 1. The van der Waals surface area contributed by atoms with Gasteiger partial charge in [0.15, 0.2) is 0 Å². The minimum Gasteiger partial charge on any atom is -0.481 e. The van der Waals surface area contributed by atoms with Gasteiger partial charge in [-0.25, -0.2) is 0 Å². The molecule has 0 amide bonds. The van der Waals surface area contributed by atoms with Crippen molar-refractivity contribution in [3.05, 3.63) is 0 Å². The van der Waals surface area contributed by atoms with Crippen LogP contribution in [-0.4, -0.2) is 16.2 Å². The fourth-order valence-electron chi connectivity index (χ4n) is 5.23. The molecule has 1 N–H and O–H groups in total. The highest BCUT2D eigenvalue weighted by molar-refractivity contribution is 8.09. The van der Waals surface area contributed by atoms with Crippen LogP contribution in [-0.2, 0) is 9.36 Å². The Morgan fingerprint density at radius 1 is 1.22 bits per heavy atom. The molecule has 4 bridgehead atoms. The van der Waals surface area contributed by atoms with E-state index >= 15 is 0 Å². The van der Waals surface area contributed by atoms with E-state index < -0.39 is 17.0 Å². The molecule has 0 aromatic rings. The van der Waals surface area contributed by atoms with Crippen molar-refractivity contribution in [3.63, 3.8) is 0 Å². The predicted octanol–water partition coefficient (Wildman–Crippen LogP) is 4.47. The third-order valence-electron chi connectivity index (χ3n) is 5.23. The third-order valence-corrected chi connectivity index (χ3v) is 9.01. The summed E-state index contributed by atoms with van der Waals surface area (Å²) in [6.45, 7) is 0. The number of hydrogen-bond acceptors (Lipinski definition) is 2. The zero-order valence-electron chi connectivity index (χ0n) is 10.1. The van der Waals surface area contributed by atoms with Crippen LogP contribution in [0.4, 0.5) is 0 Å². The van der Waals surface area contributed by atoms with Crippen LogP contribution >= 0.6 is 28.3 Å². The first-order chi connectivity index (χ1) is 8.24. The average molecular weight is 311 g/mol. The van der Waals surface area contributed by atoms with Crippen molar-refractivity contribution in [2.45, 2.75) is 50.1 Å². The molecule has 102 valence electrons. The van der Waals surface area contributed by atoms with Crippen molar-refractivity contribution in [2.24, 2.45) is 17.3 Å². The van der Waals surface area contributed by atoms with Crippen LogP contribution in [0.15, 0.2) is 0 Å². The fourth-order valence-corrected chi connectivity index (χ4v) is 7.88. The van der Waals surface area contributed by atoms with E-state index in [4.69, 9.17) is 27.6 Å². The number of halogens is 2. The van der Waals surface area contributed by atoms with Crippen molar-refractivity contribution >= 4 is 34.3 Å². The molecule has 0 aromatic heterocycles. The Balaban J connectivity index is 1.98. The minimum absolute atomic E-state index is 0.176. The molecule has 6 heteroatoms. The maximum atomic E-state index is 12.3. The van der Waals surface area contributed by atoms with Gasteiger partial charge in [0.05, 0.1) is 11.6 Å². The van der Waals surface area contributed by atoms with Gasteiger partial charge in [0, 0.05) is 0 Å². The van der Waals surface area contributed by atoms with Crippen LogP contribution in [0.5, 0.6) is 0 Å². The molecule has 0 saturated heterocycles. The largest absolute Gasteiger partial charge is 0.481 e. The normalized spacial score (nSPS) is 46.3. The van der Waals surface area contributed by atoms with E-state index in [0.29, 0.717) is 18.3 Å². The summed E-state index contributed by atoms with van der Waals surface area (Å²) in [7, 11) is 0. The zero-order chi connectivity index (χ0) is 13.2. The summed E-state index contributed by atoms with van der Waals surface area (Å²) >= 11 is 12.1. The summed E-state index contributed by atoms with van der Waals surface area (Å²) in [5.74, 6) is -3.02. The summed E-state index contributed by atoms with van der Waals surface area (Å²) in [6, 6.07) is 0. The second-order valence-electron chi connectivity index (χ2n) is 6.72. The highest BCUT2D eigenvalue weighted by atomic mass is 35.9. The Kier molecular flexibility index (Phi) is 2.87.